The van der Waals surface area contributed by atoms with Crippen LogP contribution in [-0.4, -0.2) is 39.5 Å². The zero-order valence-corrected chi connectivity index (χ0v) is 16.0. The van der Waals surface area contributed by atoms with E-state index in [0.717, 1.165) is 0 Å². The Bertz CT molecular complexity index is 959. The van der Waals surface area contributed by atoms with Gasteiger partial charge in [0, 0.05) is 17.7 Å². The van der Waals surface area contributed by atoms with E-state index in [1.165, 1.54) is 28.3 Å². The molecule has 0 fully saturated rings. The number of allylic oxidation sites excluding steroid dienone is 1. The van der Waals surface area contributed by atoms with Gasteiger partial charge < -0.3 is 23.7 Å². The molecule has 146 valence electrons. The maximum atomic E-state index is 12.7. The second-order valence-corrected chi connectivity index (χ2v) is 6.04. The van der Waals surface area contributed by atoms with E-state index in [0.29, 0.717) is 39.9 Å². The van der Waals surface area contributed by atoms with Crippen molar-refractivity contribution in [2.24, 2.45) is 0 Å². The third-order valence-electron chi connectivity index (χ3n) is 4.11. The highest BCUT2D eigenvalue weighted by atomic mass is 16.5. The molecule has 0 saturated heterocycles. The third kappa shape index (κ3) is 3.78. The summed E-state index contributed by atoms with van der Waals surface area (Å²) in [6.45, 7) is 1.39. The molecule has 2 aromatic rings. The van der Waals surface area contributed by atoms with Crippen LogP contribution in [0, 0.1) is 0 Å². The minimum atomic E-state index is -0.259. The standard InChI is InChI=1S/C21H20O7/c1-12(22)11-27-14-5-6-15-17(9-14)28-20(21(15)23)8-13-7-18(25-3)19(26-4)10-16(13)24-2/h5-10H,11H2,1-4H3. The molecule has 0 aliphatic carbocycles. The van der Waals surface area contributed by atoms with Gasteiger partial charge in [-0.3, -0.25) is 9.59 Å². The highest BCUT2D eigenvalue weighted by Gasteiger charge is 2.28. The van der Waals surface area contributed by atoms with Gasteiger partial charge in [-0.05, 0) is 31.2 Å². The number of Topliss-reactive ketones (excluding diaryl/α,β-unsaturated/α-hetero) is 2. The van der Waals surface area contributed by atoms with Crippen LogP contribution in [0.5, 0.6) is 28.7 Å². The predicted molar refractivity (Wildman–Crippen MR) is 102 cm³/mol. The lowest BCUT2D eigenvalue weighted by Gasteiger charge is -2.12. The molecule has 7 heteroatoms. The molecule has 0 bridgehead atoms. The van der Waals surface area contributed by atoms with E-state index in [1.807, 2.05) is 0 Å². The lowest BCUT2D eigenvalue weighted by Crippen LogP contribution is -2.06. The highest BCUT2D eigenvalue weighted by molar-refractivity contribution is 6.14. The van der Waals surface area contributed by atoms with E-state index in [-0.39, 0.29) is 23.9 Å². The van der Waals surface area contributed by atoms with Gasteiger partial charge in [0.15, 0.2) is 23.0 Å². The SMILES string of the molecule is COc1cc(OC)c(OC)cc1C=C1Oc2cc(OCC(C)=O)ccc2C1=O. The van der Waals surface area contributed by atoms with Gasteiger partial charge in [0.2, 0.25) is 5.78 Å². The van der Waals surface area contributed by atoms with Crippen molar-refractivity contribution < 1.29 is 33.3 Å². The highest BCUT2D eigenvalue weighted by Crippen LogP contribution is 2.38. The fourth-order valence-corrected chi connectivity index (χ4v) is 2.75. The van der Waals surface area contributed by atoms with Crippen molar-refractivity contribution in [3.05, 3.63) is 47.2 Å². The summed E-state index contributed by atoms with van der Waals surface area (Å²) in [7, 11) is 4.58. The molecule has 28 heavy (non-hydrogen) atoms. The number of fused-ring (bicyclic) bond motifs is 1. The topological polar surface area (TPSA) is 80.3 Å². The average molecular weight is 384 g/mol. The number of methoxy groups -OCH3 is 3. The summed E-state index contributed by atoms with van der Waals surface area (Å²) >= 11 is 0. The van der Waals surface area contributed by atoms with Gasteiger partial charge in [-0.2, -0.15) is 0 Å². The molecule has 0 unspecified atom stereocenters. The Morgan fingerprint density at radius 3 is 2.32 bits per heavy atom. The lowest BCUT2D eigenvalue weighted by molar-refractivity contribution is -0.118. The molecule has 1 heterocycles. The molecule has 0 aromatic heterocycles. The van der Waals surface area contributed by atoms with Crippen LogP contribution in [-0.2, 0) is 4.79 Å². The maximum Gasteiger partial charge on any atom is 0.231 e. The molecule has 0 saturated carbocycles. The Hall–Kier alpha value is -3.48. The van der Waals surface area contributed by atoms with Crippen LogP contribution in [0.2, 0.25) is 0 Å². The Morgan fingerprint density at radius 1 is 1.00 bits per heavy atom. The van der Waals surface area contributed by atoms with Crippen molar-refractivity contribution in [2.45, 2.75) is 6.92 Å². The van der Waals surface area contributed by atoms with Gasteiger partial charge in [0.1, 0.15) is 23.9 Å². The smallest absolute Gasteiger partial charge is 0.231 e. The molecule has 1 aliphatic heterocycles. The van der Waals surface area contributed by atoms with Crippen LogP contribution in [0.1, 0.15) is 22.8 Å². The summed E-state index contributed by atoms with van der Waals surface area (Å²) < 4.78 is 27.0. The van der Waals surface area contributed by atoms with Crippen molar-refractivity contribution in [3.63, 3.8) is 0 Å². The Balaban J connectivity index is 1.93. The first kappa shape index (κ1) is 19.3. The minimum absolute atomic E-state index is 0.0434. The molecule has 0 atom stereocenters. The molecule has 0 amide bonds. The molecule has 0 N–H and O–H groups in total. The van der Waals surface area contributed by atoms with Gasteiger partial charge in [0.25, 0.3) is 0 Å². The first-order chi connectivity index (χ1) is 13.5. The number of benzene rings is 2. The summed E-state index contributed by atoms with van der Waals surface area (Å²) in [6.07, 6.45) is 1.58. The molecule has 3 rings (SSSR count). The van der Waals surface area contributed by atoms with Gasteiger partial charge in [-0.1, -0.05) is 0 Å². The number of carbonyl (C=O) groups excluding carboxylic acids is 2. The minimum Gasteiger partial charge on any atom is -0.496 e. The van der Waals surface area contributed by atoms with E-state index < -0.39 is 0 Å². The van der Waals surface area contributed by atoms with Crippen LogP contribution in [0.15, 0.2) is 36.1 Å². The van der Waals surface area contributed by atoms with Crippen LogP contribution < -0.4 is 23.7 Å². The van der Waals surface area contributed by atoms with Gasteiger partial charge in [-0.25, -0.2) is 0 Å². The molecule has 7 nitrogen and oxygen atoms in total. The van der Waals surface area contributed by atoms with Crippen molar-refractivity contribution in [1.29, 1.82) is 0 Å². The van der Waals surface area contributed by atoms with E-state index in [9.17, 15) is 9.59 Å². The Morgan fingerprint density at radius 2 is 1.68 bits per heavy atom. The molecule has 1 aliphatic rings. The summed E-state index contributed by atoms with van der Waals surface area (Å²) in [5, 5.41) is 0. The zero-order valence-electron chi connectivity index (χ0n) is 16.0. The molecular weight excluding hydrogens is 364 g/mol. The first-order valence-corrected chi connectivity index (χ1v) is 8.47. The molecule has 0 radical (unpaired) electrons. The number of rotatable bonds is 7. The number of hydrogen-bond acceptors (Lipinski definition) is 7. The van der Waals surface area contributed by atoms with Gasteiger partial charge in [0.05, 0.1) is 26.9 Å². The van der Waals surface area contributed by atoms with Gasteiger partial charge in [-0.15, -0.1) is 0 Å². The second kappa shape index (κ2) is 8.04. The van der Waals surface area contributed by atoms with Crippen LogP contribution in [0.3, 0.4) is 0 Å². The largest absolute Gasteiger partial charge is 0.496 e. The zero-order chi connectivity index (χ0) is 20.3. The van der Waals surface area contributed by atoms with Crippen LogP contribution >= 0.6 is 0 Å². The van der Waals surface area contributed by atoms with E-state index in [1.54, 1.807) is 36.4 Å². The van der Waals surface area contributed by atoms with E-state index >= 15 is 0 Å². The van der Waals surface area contributed by atoms with E-state index in [4.69, 9.17) is 23.7 Å². The van der Waals surface area contributed by atoms with Crippen LogP contribution in [0.4, 0.5) is 0 Å². The molecule has 0 spiro atoms. The summed E-state index contributed by atoms with van der Waals surface area (Å²) in [6, 6.07) is 8.20. The van der Waals surface area contributed by atoms with Crippen molar-refractivity contribution >= 4 is 17.6 Å². The van der Waals surface area contributed by atoms with Crippen molar-refractivity contribution in [2.75, 3.05) is 27.9 Å². The predicted octanol–water partition coefficient (Wildman–Crippen LogP) is 3.30. The normalized spacial score (nSPS) is 13.7. The Labute approximate surface area is 162 Å². The quantitative estimate of drug-likeness (QED) is 0.678. The van der Waals surface area contributed by atoms with Crippen molar-refractivity contribution in [1.82, 2.24) is 0 Å². The number of hydrogen-bond donors (Lipinski definition) is 0. The summed E-state index contributed by atoms with van der Waals surface area (Å²) in [5.41, 5.74) is 1.02. The second-order valence-electron chi connectivity index (χ2n) is 6.04. The summed E-state index contributed by atoms with van der Waals surface area (Å²) in [5.74, 6) is 2.12. The Kier molecular flexibility index (Phi) is 5.54. The average Bonchev–Trinajstić information content (AvgIpc) is 3.00. The third-order valence-corrected chi connectivity index (χ3v) is 4.11. The monoisotopic (exact) mass is 384 g/mol. The molecule has 2 aromatic carbocycles. The van der Waals surface area contributed by atoms with Crippen molar-refractivity contribution in [3.8, 4) is 28.7 Å². The molecular formula is C21H20O7. The fraction of sp³-hybridized carbons (Fsp3) is 0.238. The summed E-state index contributed by atoms with van der Waals surface area (Å²) in [4.78, 5) is 23.7. The first-order valence-electron chi connectivity index (χ1n) is 8.47. The van der Waals surface area contributed by atoms with Crippen LogP contribution in [0.25, 0.3) is 6.08 Å². The number of ketones is 2. The fourth-order valence-electron chi connectivity index (χ4n) is 2.75. The maximum absolute atomic E-state index is 12.7. The number of carbonyl (C=O) groups is 2. The lowest BCUT2D eigenvalue weighted by atomic mass is 10.1. The number of ether oxygens (including phenoxy) is 5. The van der Waals surface area contributed by atoms with E-state index in [2.05, 4.69) is 0 Å². The van der Waals surface area contributed by atoms with Gasteiger partial charge >= 0.3 is 0 Å².